The minimum absolute atomic E-state index is 0.108. The van der Waals surface area contributed by atoms with Crippen LogP contribution >= 0.6 is 0 Å². The van der Waals surface area contributed by atoms with E-state index in [2.05, 4.69) is 16.9 Å². The number of piperidine rings is 1. The lowest BCUT2D eigenvalue weighted by molar-refractivity contribution is 0.0533. The van der Waals surface area contributed by atoms with Crippen molar-refractivity contribution in [1.29, 1.82) is 0 Å². The van der Waals surface area contributed by atoms with Crippen LogP contribution in [0.2, 0.25) is 0 Å². The van der Waals surface area contributed by atoms with Gasteiger partial charge in [0.2, 0.25) is 0 Å². The third kappa shape index (κ3) is 3.54. The normalized spacial score (nSPS) is 22.0. The quantitative estimate of drug-likeness (QED) is 0.854. The summed E-state index contributed by atoms with van der Waals surface area (Å²) >= 11 is 0. The second-order valence-corrected chi connectivity index (χ2v) is 6.57. The molecule has 0 aromatic carbocycles. The van der Waals surface area contributed by atoms with Gasteiger partial charge in [0.1, 0.15) is 0 Å². The number of aromatic nitrogens is 2. The Morgan fingerprint density at radius 2 is 1.87 bits per heavy atom. The zero-order chi connectivity index (χ0) is 16.4. The molecule has 1 amide bonds. The molecule has 0 unspecified atom stereocenters. The lowest BCUT2D eigenvalue weighted by Crippen LogP contribution is -2.45. The molecule has 0 N–H and O–H groups in total. The molecule has 0 bridgehead atoms. The number of carbonyl (C=O) groups is 1. The van der Waals surface area contributed by atoms with Crippen molar-refractivity contribution < 1.29 is 13.6 Å². The minimum atomic E-state index is -2.71. The van der Waals surface area contributed by atoms with Gasteiger partial charge in [-0.25, -0.2) is 4.68 Å². The number of alkyl halides is 2. The average molecular weight is 326 g/mol. The van der Waals surface area contributed by atoms with Crippen molar-refractivity contribution in [2.75, 3.05) is 26.2 Å². The van der Waals surface area contributed by atoms with Gasteiger partial charge in [-0.3, -0.25) is 4.79 Å². The fourth-order valence-electron chi connectivity index (χ4n) is 3.75. The molecule has 7 heteroatoms. The van der Waals surface area contributed by atoms with E-state index in [1.54, 1.807) is 4.90 Å². The van der Waals surface area contributed by atoms with Gasteiger partial charge in [-0.2, -0.15) is 13.9 Å². The minimum Gasteiger partial charge on any atom is -0.337 e. The van der Waals surface area contributed by atoms with Crippen molar-refractivity contribution in [1.82, 2.24) is 19.6 Å². The molecule has 0 aliphatic carbocycles. The van der Waals surface area contributed by atoms with Crippen LogP contribution in [0.1, 0.15) is 49.6 Å². The molecule has 128 valence electrons. The molecule has 2 aliphatic rings. The van der Waals surface area contributed by atoms with Crippen LogP contribution in [0.3, 0.4) is 0 Å². The smallest absolute Gasteiger partial charge is 0.333 e. The number of hydrogen-bond donors (Lipinski definition) is 0. The highest BCUT2D eigenvalue weighted by Gasteiger charge is 2.31. The molecule has 0 saturated carbocycles. The summed E-state index contributed by atoms with van der Waals surface area (Å²) in [5.74, 6) is 0.368. The first-order valence-corrected chi connectivity index (χ1v) is 8.43. The predicted octanol–water partition coefficient (Wildman–Crippen LogP) is 2.61. The fraction of sp³-hybridized carbons (Fsp3) is 0.750. The van der Waals surface area contributed by atoms with Crippen LogP contribution in [0.15, 0.2) is 12.3 Å². The topological polar surface area (TPSA) is 41.4 Å². The third-order valence-electron chi connectivity index (χ3n) is 5.25. The predicted molar refractivity (Wildman–Crippen MR) is 82.4 cm³/mol. The summed E-state index contributed by atoms with van der Waals surface area (Å²) in [4.78, 5) is 16.7. The molecule has 23 heavy (non-hydrogen) atoms. The van der Waals surface area contributed by atoms with Gasteiger partial charge in [-0.15, -0.1) is 0 Å². The van der Waals surface area contributed by atoms with Crippen LogP contribution < -0.4 is 0 Å². The first kappa shape index (κ1) is 16.4. The van der Waals surface area contributed by atoms with E-state index < -0.39 is 6.55 Å². The van der Waals surface area contributed by atoms with Crippen LogP contribution in [0.5, 0.6) is 0 Å². The van der Waals surface area contributed by atoms with E-state index in [0.29, 0.717) is 29.7 Å². The molecule has 2 saturated heterocycles. The van der Waals surface area contributed by atoms with Gasteiger partial charge in [-0.1, -0.05) is 0 Å². The Labute approximate surface area is 135 Å². The zero-order valence-electron chi connectivity index (χ0n) is 13.5. The van der Waals surface area contributed by atoms with E-state index in [4.69, 9.17) is 0 Å². The van der Waals surface area contributed by atoms with Crippen LogP contribution in [-0.4, -0.2) is 57.7 Å². The van der Waals surface area contributed by atoms with E-state index in [-0.39, 0.29) is 11.6 Å². The molecule has 2 aliphatic heterocycles. The second kappa shape index (κ2) is 6.95. The molecule has 1 atom stereocenters. The number of rotatable bonds is 4. The average Bonchev–Trinajstić information content (AvgIpc) is 3.25. The Hall–Kier alpha value is -1.50. The summed E-state index contributed by atoms with van der Waals surface area (Å²) in [6, 6.07) is 1.93. The molecular formula is C16H24F2N4O. The summed E-state index contributed by atoms with van der Waals surface area (Å²) in [6.07, 6.45) is 5.67. The Balaban J connectivity index is 1.54. The van der Waals surface area contributed by atoms with E-state index in [1.807, 2.05) is 0 Å². The monoisotopic (exact) mass is 326 g/mol. The van der Waals surface area contributed by atoms with Gasteiger partial charge < -0.3 is 9.80 Å². The molecule has 5 nitrogen and oxygen atoms in total. The molecule has 0 spiro atoms. The lowest BCUT2D eigenvalue weighted by atomic mass is 9.89. The number of carbonyl (C=O) groups excluding carboxylic acids is 1. The van der Waals surface area contributed by atoms with E-state index >= 15 is 0 Å². The molecule has 1 aromatic heterocycles. The Morgan fingerprint density at radius 1 is 1.22 bits per heavy atom. The maximum absolute atomic E-state index is 12.5. The number of amides is 1. The van der Waals surface area contributed by atoms with Crippen LogP contribution in [-0.2, 0) is 0 Å². The van der Waals surface area contributed by atoms with Crippen molar-refractivity contribution in [3.8, 4) is 0 Å². The fourth-order valence-corrected chi connectivity index (χ4v) is 3.75. The van der Waals surface area contributed by atoms with Gasteiger partial charge in [0.15, 0.2) is 5.69 Å². The third-order valence-corrected chi connectivity index (χ3v) is 5.25. The van der Waals surface area contributed by atoms with Gasteiger partial charge in [0, 0.05) is 25.3 Å². The maximum atomic E-state index is 12.5. The van der Waals surface area contributed by atoms with Crippen molar-refractivity contribution >= 4 is 5.91 Å². The van der Waals surface area contributed by atoms with Crippen molar-refractivity contribution in [3.63, 3.8) is 0 Å². The van der Waals surface area contributed by atoms with Crippen LogP contribution in [0.25, 0.3) is 0 Å². The summed E-state index contributed by atoms with van der Waals surface area (Å²) in [7, 11) is 0. The van der Waals surface area contributed by atoms with Crippen molar-refractivity contribution in [2.24, 2.45) is 5.92 Å². The first-order valence-electron chi connectivity index (χ1n) is 8.43. The largest absolute Gasteiger partial charge is 0.337 e. The zero-order valence-corrected chi connectivity index (χ0v) is 13.5. The Morgan fingerprint density at radius 3 is 2.43 bits per heavy atom. The summed E-state index contributed by atoms with van der Waals surface area (Å²) in [6.45, 7) is 3.32. The molecule has 3 heterocycles. The number of halogens is 2. The molecule has 2 fully saturated rings. The Bertz CT molecular complexity index is 534. The highest BCUT2D eigenvalue weighted by molar-refractivity contribution is 5.92. The Kier molecular flexibility index (Phi) is 4.94. The molecule has 1 aromatic rings. The van der Waals surface area contributed by atoms with Gasteiger partial charge in [0.25, 0.3) is 5.91 Å². The number of hydrogen-bond acceptors (Lipinski definition) is 3. The van der Waals surface area contributed by atoms with E-state index in [1.165, 1.54) is 32.0 Å². The van der Waals surface area contributed by atoms with Gasteiger partial charge in [-0.05, 0) is 57.7 Å². The van der Waals surface area contributed by atoms with Crippen molar-refractivity contribution in [2.45, 2.75) is 45.2 Å². The van der Waals surface area contributed by atoms with Gasteiger partial charge >= 0.3 is 6.55 Å². The highest BCUT2D eigenvalue weighted by Crippen LogP contribution is 2.27. The van der Waals surface area contributed by atoms with E-state index in [9.17, 15) is 13.6 Å². The SMILES string of the molecule is C[C@H](C1CCN(C(=O)c2ccn(C(F)F)n2)CC1)N1CCCC1. The standard InChI is InChI=1S/C16H24F2N4O/c1-12(20-7-2-3-8-20)13-4-9-21(10-5-13)15(23)14-6-11-22(19-14)16(17)18/h6,11-13,16H,2-5,7-10H2,1H3/t12-/m1/s1. The number of likely N-dealkylation sites (tertiary alicyclic amines) is 2. The summed E-state index contributed by atoms with van der Waals surface area (Å²) in [5, 5.41) is 3.67. The summed E-state index contributed by atoms with van der Waals surface area (Å²) < 4.78 is 25.6. The van der Waals surface area contributed by atoms with Gasteiger partial charge in [0.05, 0.1) is 0 Å². The maximum Gasteiger partial charge on any atom is 0.333 e. The van der Waals surface area contributed by atoms with E-state index in [0.717, 1.165) is 19.0 Å². The summed E-state index contributed by atoms with van der Waals surface area (Å²) in [5.41, 5.74) is 0.108. The molecule has 3 rings (SSSR count). The second-order valence-electron chi connectivity index (χ2n) is 6.57. The number of nitrogens with zero attached hydrogens (tertiary/aromatic N) is 4. The molecule has 0 radical (unpaired) electrons. The van der Waals surface area contributed by atoms with Crippen LogP contribution in [0.4, 0.5) is 8.78 Å². The first-order chi connectivity index (χ1) is 11.1. The highest BCUT2D eigenvalue weighted by atomic mass is 19.3. The van der Waals surface area contributed by atoms with Crippen molar-refractivity contribution in [3.05, 3.63) is 18.0 Å². The molecular weight excluding hydrogens is 302 g/mol. The lowest BCUT2D eigenvalue weighted by Gasteiger charge is -2.38. The van der Waals surface area contributed by atoms with Crippen LogP contribution in [0, 0.1) is 5.92 Å².